The first kappa shape index (κ1) is 14.5. The molecule has 0 N–H and O–H groups in total. The SMILES string of the molecule is COc1nc(Cl)nc(Oc2ccc(C(C)(C)C)cc2)n1. The van der Waals surface area contributed by atoms with Gasteiger partial charge in [0.25, 0.3) is 0 Å². The van der Waals surface area contributed by atoms with Crippen molar-refractivity contribution in [1.29, 1.82) is 0 Å². The van der Waals surface area contributed by atoms with Crippen LogP contribution in [-0.4, -0.2) is 22.1 Å². The zero-order chi connectivity index (χ0) is 14.8. The lowest BCUT2D eigenvalue weighted by atomic mass is 9.87. The number of methoxy groups -OCH3 is 1. The van der Waals surface area contributed by atoms with Crippen LogP contribution in [0, 0.1) is 0 Å². The van der Waals surface area contributed by atoms with Crippen LogP contribution in [0.25, 0.3) is 0 Å². The van der Waals surface area contributed by atoms with Crippen LogP contribution in [0.2, 0.25) is 5.28 Å². The molecule has 106 valence electrons. The van der Waals surface area contributed by atoms with Gasteiger partial charge >= 0.3 is 12.0 Å². The molecule has 1 aromatic heterocycles. The summed E-state index contributed by atoms with van der Waals surface area (Å²) in [6, 6.07) is 7.97. The summed E-state index contributed by atoms with van der Waals surface area (Å²) in [5, 5.41) is 0.0261. The lowest BCUT2D eigenvalue weighted by molar-refractivity contribution is 0.359. The van der Waals surface area contributed by atoms with Gasteiger partial charge in [-0.1, -0.05) is 32.9 Å². The molecule has 0 aliphatic carbocycles. The van der Waals surface area contributed by atoms with E-state index in [1.54, 1.807) is 0 Å². The van der Waals surface area contributed by atoms with Crippen molar-refractivity contribution in [2.45, 2.75) is 26.2 Å². The summed E-state index contributed by atoms with van der Waals surface area (Å²) in [7, 11) is 1.45. The molecule has 0 fully saturated rings. The van der Waals surface area contributed by atoms with Gasteiger partial charge in [-0.05, 0) is 34.7 Å². The maximum absolute atomic E-state index is 5.76. The Labute approximate surface area is 123 Å². The molecule has 0 unspecified atom stereocenters. The standard InChI is InChI=1S/C14H16ClN3O2/c1-14(2,3)9-5-7-10(8-6-9)20-13-17-11(15)16-12(18-13)19-4/h5-8H,1-4H3. The average Bonchev–Trinajstić information content (AvgIpc) is 2.37. The number of benzene rings is 1. The van der Waals surface area contributed by atoms with E-state index in [1.807, 2.05) is 24.3 Å². The highest BCUT2D eigenvalue weighted by Gasteiger charge is 2.13. The maximum Gasteiger partial charge on any atom is 0.329 e. The van der Waals surface area contributed by atoms with Gasteiger partial charge in [-0.2, -0.15) is 9.97 Å². The number of hydrogen-bond donors (Lipinski definition) is 0. The van der Waals surface area contributed by atoms with E-state index < -0.39 is 0 Å². The van der Waals surface area contributed by atoms with E-state index in [9.17, 15) is 0 Å². The zero-order valence-electron chi connectivity index (χ0n) is 11.8. The Hall–Kier alpha value is -1.88. The Morgan fingerprint density at radius 1 is 0.950 bits per heavy atom. The van der Waals surface area contributed by atoms with Crippen molar-refractivity contribution < 1.29 is 9.47 Å². The van der Waals surface area contributed by atoms with Crippen LogP contribution in [0.3, 0.4) is 0 Å². The van der Waals surface area contributed by atoms with E-state index in [0.717, 1.165) is 0 Å². The molecular formula is C14H16ClN3O2. The summed E-state index contributed by atoms with van der Waals surface area (Å²) in [5.41, 5.74) is 1.31. The number of hydrogen-bond acceptors (Lipinski definition) is 5. The van der Waals surface area contributed by atoms with E-state index in [4.69, 9.17) is 21.1 Å². The summed E-state index contributed by atoms with van der Waals surface area (Å²) in [4.78, 5) is 11.6. The third kappa shape index (κ3) is 3.57. The first-order valence-corrected chi connectivity index (χ1v) is 6.50. The van der Waals surface area contributed by atoms with Crippen LogP contribution in [0.4, 0.5) is 0 Å². The third-order valence-corrected chi connectivity index (χ3v) is 2.85. The number of aromatic nitrogens is 3. The van der Waals surface area contributed by atoms with Gasteiger partial charge in [0.15, 0.2) is 0 Å². The zero-order valence-corrected chi connectivity index (χ0v) is 12.6. The Bertz CT molecular complexity index is 594. The summed E-state index contributed by atoms with van der Waals surface area (Å²) in [6.45, 7) is 6.46. The van der Waals surface area contributed by atoms with Crippen LogP contribution in [-0.2, 0) is 5.41 Å². The van der Waals surface area contributed by atoms with E-state index in [-0.39, 0.29) is 22.7 Å². The number of halogens is 1. The summed E-state index contributed by atoms with van der Waals surface area (Å²) >= 11 is 5.76. The molecular weight excluding hydrogens is 278 g/mol. The van der Waals surface area contributed by atoms with Gasteiger partial charge in [-0.15, -0.1) is 4.98 Å². The van der Waals surface area contributed by atoms with Gasteiger partial charge in [-0.25, -0.2) is 0 Å². The predicted octanol–water partition coefficient (Wildman–Crippen LogP) is 3.62. The van der Waals surface area contributed by atoms with E-state index >= 15 is 0 Å². The molecule has 0 radical (unpaired) electrons. The second-order valence-electron chi connectivity index (χ2n) is 5.25. The lowest BCUT2D eigenvalue weighted by Gasteiger charge is -2.18. The molecule has 0 spiro atoms. The highest BCUT2D eigenvalue weighted by Crippen LogP contribution is 2.26. The van der Waals surface area contributed by atoms with E-state index in [2.05, 4.69) is 35.7 Å². The molecule has 0 saturated carbocycles. The fourth-order valence-corrected chi connectivity index (χ4v) is 1.72. The second kappa shape index (κ2) is 5.63. The smallest absolute Gasteiger partial charge is 0.329 e. The van der Waals surface area contributed by atoms with Crippen molar-refractivity contribution in [2.75, 3.05) is 7.11 Å². The normalized spacial score (nSPS) is 11.2. The summed E-state index contributed by atoms with van der Waals surface area (Å²) < 4.78 is 10.5. The maximum atomic E-state index is 5.76. The number of rotatable bonds is 3. The van der Waals surface area contributed by atoms with Crippen molar-refractivity contribution >= 4 is 11.6 Å². The lowest BCUT2D eigenvalue weighted by Crippen LogP contribution is -2.10. The number of nitrogens with zero attached hydrogens (tertiary/aromatic N) is 3. The van der Waals surface area contributed by atoms with Crippen molar-refractivity contribution in [2.24, 2.45) is 0 Å². The average molecular weight is 294 g/mol. The van der Waals surface area contributed by atoms with Gasteiger partial charge in [0.2, 0.25) is 5.28 Å². The van der Waals surface area contributed by atoms with Crippen LogP contribution >= 0.6 is 11.6 Å². The Balaban J connectivity index is 2.20. The highest BCUT2D eigenvalue weighted by atomic mass is 35.5. The quantitative estimate of drug-likeness (QED) is 0.865. The Kier molecular flexibility index (Phi) is 4.09. The van der Waals surface area contributed by atoms with Crippen LogP contribution in [0.15, 0.2) is 24.3 Å². The number of ether oxygens (including phenoxy) is 2. The predicted molar refractivity (Wildman–Crippen MR) is 76.6 cm³/mol. The van der Waals surface area contributed by atoms with Crippen LogP contribution in [0.1, 0.15) is 26.3 Å². The van der Waals surface area contributed by atoms with Crippen LogP contribution < -0.4 is 9.47 Å². The monoisotopic (exact) mass is 293 g/mol. The fourth-order valence-electron chi connectivity index (χ4n) is 1.58. The minimum atomic E-state index is 0.0261. The molecule has 0 amide bonds. The summed E-state index contributed by atoms with van der Waals surface area (Å²) in [6.07, 6.45) is 0. The van der Waals surface area contributed by atoms with E-state index in [0.29, 0.717) is 5.75 Å². The molecule has 6 heteroatoms. The van der Waals surface area contributed by atoms with Crippen molar-refractivity contribution in [1.82, 2.24) is 15.0 Å². The fraction of sp³-hybridized carbons (Fsp3) is 0.357. The molecule has 2 rings (SSSR count). The minimum Gasteiger partial charge on any atom is -0.467 e. The molecule has 1 heterocycles. The highest BCUT2D eigenvalue weighted by molar-refractivity contribution is 6.28. The Morgan fingerprint density at radius 2 is 1.55 bits per heavy atom. The molecule has 0 bridgehead atoms. The topological polar surface area (TPSA) is 57.1 Å². The van der Waals surface area contributed by atoms with Gasteiger partial charge in [0, 0.05) is 0 Å². The molecule has 0 aliphatic rings. The van der Waals surface area contributed by atoms with E-state index in [1.165, 1.54) is 12.7 Å². The van der Waals surface area contributed by atoms with Crippen LogP contribution in [0.5, 0.6) is 17.8 Å². The minimum absolute atomic E-state index is 0.0261. The van der Waals surface area contributed by atoms with Crippen molar-refractivity contribution in [3.8, 4) is 17.8 Å². The second-order valence-corrected chi connectivity index (χ2v) is 5.59. The van der Waals surface area contributed by atoms with Crippen molar-refractivity contribution in [3.05, 3.63) is 35.1 Å². The van der Waals surface area contributed by atoms with Gasteiger partial charge in [0.05, 0.1) is 7.11 Å². The van der Waals surface area contributed by atoms with Gasteiger partial charge < -0.3 is 9.47 Å². The molecule has 0 saturated heterocycles. The molecule has 5 nitrogen and oxygen atoms in total. The molecule has 0 atom stereocenters. The first-order valence-electron chi connectivity index (χ1n) is 6.12. The van der Waals surface area contributed by atoms with Gasteiger partial charge in [-0.3, -0.25) is 0 Å². The van der Waals surface area contributed by atoms with Crippen molar-refractivity contribution in [3.63, 3.8) is 0 Å². The first-order chi connectivity index (χ1) is 9.38. The molecule has 20 heavy (non-hydrogen) atoms. The third-order valence-electron chi connectivity index (χ3n) is 2.68. The molecule has 0 aliphatic heterocycles. The summed E-state index contributed by atoms with van der Waals surface area (Å²) in [5.74, 6) is 0.627. The molecule has 2 aromatic rings. The Morgan fingerprint density at radius 3 is 2.10 bits per heavy atom. The molecule has 1 aromatic carbocycles. The van der Waals surface area contributed by atoms with Gasteiger partial charge in [0.1, 0.15) is 5.75 Å². The largest absolute Gasteiger partial charge is 0.467 e.